The van der Waals surface area contributed by atoms with E-state index in [1.165, 1.54) is 0 Å². The summed E-state index contributed by atoms with van der Waals surface area (Å²) in [4.78, 5) is 14.9. The quantitative estimate of drug-likeness (QED) is 0.792. The molecular weight excluding hydrogens is 302 g/mol. The largest absolute Gasteiger partial charge is 0.387 e. The number of aromatic amines is 1. The lowest BCUT2D eigenvalue weighted by molar-refractivity contribution is 0.119. The Bertz CT molecular complexity index is 714. The average molecular weight is 326 g/mol. The zero-order chi connectivity index (χ0) is 15.2. The summed E-state index contributed by atoms with van der Waals surface area (Å²) in [5.41, 5.74) is 2.53. The van der Waals surface area contributed by atoms with E-state index in [0.717, 1.165) is 29.6 Å². The molecule has 2 unspecified atom stereocenters. The second-order valence-electron chi connectivity index (χ2n) is 7.11. The number of hydrogen-bond acceptors (Lipinski definition) is 3. The van der Waals surface area contributed by atoms with Crippen molar-refractivity contribution in [3.05, 3.63) is 34.2 Å². The molecule has 0 spiro atoms. The first-order chi connectivity index (χ1) is 9.87. The molecule has 22 heavy (non-hydrogen) atoms. The van der Waals surface area contributed by atoms with E-state index in [1.54, 1.807) is 4.57 Å². The van der Waals surface area contributed by atoms with E-state index in [0.29, 0.717) is 6.54 Å². The highest BCUT2D eigenvalue weighted by atomic mass is 35.5. The Balaban J connectivity index is 0.00000176. The molecule has 6 heteroatoms. The van der Waals surface area contributed by atoms with Gasteiger partial charge >= 0.3 is 5.69 Å². The maximum atomic E-state index is 12.0. The fourth-order valence-electron chi connectivity index (χ4n) is 2.99. The van der Waals surface area contributed by atoms with Crippen LogP contribution in [0, 0.1) is 5.41 Å². The molecule has 1 aromatic heterocycles. The summed E-state index contributed by atoms with van der Waals surface area (Å²) in [6.07, 6.45) is 0.138. The van der Waals surface area contributed by atoms with Gasteiger partial charge in [0.15, 0.2) is 0 Å². The zero-order valence-electron chi connectivity index (χ0n) is 13.2. The Morgan fingerprint density at radius 1 is 1.41 bits per heavy atom. The zero-order valence-corrected chi connectivity index (χ0v) is 14.0. The highest BCUT2D eigenvalue weighted by Gasteiger charge is 2.28. The predicted octanol–water partition coefficient (Wildman–Crippen LogP) is 2.19. The van der Waals surface area contributed by atoms with E-state index >= 15 is 0 Å². The summed E-state index contributed by atoms with van der Waals surface area (Å²) in [6.45, 7) is 7.94. The Morgan fingerprint density at radius 3 is 2.82 bits per heavy atom. The minimum Gasteiger partial charge on any atom is -0.387 e. The maximum absolute atomic E-state index is 12.0. The number of aliphatic hydroxyl groups is 1. The first kappa shape index (κ1) is 17.1. The first-order valence-corrected chi connectivity index (χ1v) is 7.50. The van der Waals surface area contributed by atoms with E-state index in [9.17, 15) is 9.90 Å². The Labute approximate surface area is 136 Å². The summed E-state index contributed by atoms with van der Waals surface area (Å²) in [7, 11) is 0. The molecule has 1 aliphatic heterocycles. The number of aromatic nitrogens is 2. The molecule has 0 fully saturated rings. The number of aliphatic hydroxyl groups excluding tert-OH is 1. The Morgan fingerprint density at radius 2 is 2.14 bits per heavy atom. The van der Waals surface area contributed by atoms with Crippen LogP contribution in [-0.2, 0) is 6.54 Å². The smallest absolute Gasteiger partial charge is 0.326 e. The van der Waals surface area contributed by atoms with Gasteiger partial charge in [-0.05, 0) is 17.9 Å². The summed E-state index contributed by atoms with van der Waals surface area (Å²) in [5, 5.41) is 14.2. The van der Waals surface area contributed by atoms with Crippen molar-refractivity contribution in [3.8, 4) is 0 Å². The number of aryl methyl sites for hydroxylation is 1. The van der Waals surface area contributed by atoms with E-state index in [-0.39, 0.29) is 29.6 Å². The van der Waals surface area contributed by atoms with Crippen LogP contribution < -0.4 is 11.0 Å². The molecule has 2 heterocycles. The normalized spacial score (nSPS) is 21.5. The van der Waals surface area contributed by atoms with Crippen LogP contribution in [0.15, 0.2) is 23.0 Å². The van der Waals surface area contributed by atoms with Crippen molar-refractivity contribution >= 4 is 23.4 Å². The maximum Gasteiger partial charge on any atom is 0.326 e. The first-order valence-electron chi connectivity index (χ1n) is 7.50. The Kier molecular flexibility index (Phi) is 4.70. The van der Waals surface area contributed by atoms with E-state index < -0.39 is 6.10 Å². The molecule has 0 amide bonds. The molecule has 2 atom stereocenters. The second kappa shape index (κ2) is 6.07. The van der Waals surface area contributed by atoms with Gasteiger partial charge in [0.05, 0.1) is 17.1 Å². The van der Waals surface area contributed by atoms with Gasteiger partial charge in [0, 0.05) is 24.7 Å². The third-order valence-corrected chi connectivity index (χ3v) is 4.08. The van der Waals surface area contributed by atoms with E-state index in [4.69, 9.17) is 0 Å². The van der Waals surface area contributed by atoms with Crippen molar-refractivity contribution in [2.45, 2.75) is 45.9 Å². The SMILES string of the molecule is CC(C)(C)CNC1CCn2c(=O)[nH]c3cccc(c32)C1O.Cl. The third kappa shape index (κ3) is 3.07. The molecule has 0 saturated heterocycles. The van der Waals surface area contributed by atoms with E-state index in [2.05, 4.69) is 31.1 Å². The second-order valence-corrected chi connectivity index (χ2v) is 7.11. The van der Waals surface area contributed by atoms with Crippen molar-refractivity contribution in [2.75, 3.05) is 6.54 Å². The number of hydrogen-bond donors (Lipinski definition) is 3. The van der Waals surface area contributed by atoms with Crippen LogP contribution in [0.2, 0.25) is 0 Å². The lowest BCUT2D eigenvalue weighted by Gasteiger charge is -2.27. The van der Waals surface area contributed by atoms with Crippen LogP contribution in [0.1, 0.15) is 38.9 Å². The topological polar surface area (TPSA) is 70.0 Å². The number of para-hydroxylation sites is 1. The number of benzene rings is 1. The van der Waals surface area contributed by atoms with Crippen LogP contribution in [0.25, 0.3) is 11.0 Å². The fraction of sp³-hybridized carbons (Fsp3) is 0.562. The van der Waals surface area contributed by atoms with Crippen molar-refractivity contribution in [1.82, 2.24) is 14.9 Å². The molecule has 0 aliphatic carbocycles. The van der Waals surface area contributed by atoms with Gasteiger partial charge in [-0.15, -0.1) is 12.4 Å². The molecule has 5 nitrogen and oxygen atoms in total. The molecule has 1 aliphatic rings. The minimum atomic E-state index is -0.597. The molecule has 1 aromatic carbocycles. The summed E-state index contributed by atoms with van der Waals surface area (Å²) >= 11 is 0. The summed E-state index contributed by atoms with van der Waals surface area (Å²) in [6, 6.07) is 5.64. The summed E-state index contributed by atoms with van der Waals surface area (Å²) in [5.74, 6) is 0. The standard InChI is InChI=1S/C16H23N3O2.ClH/c1-16(2,3)9-17-12-7-8-19-13-10(14(12)20)5-4-6-11(13)18-15(19)21;/h4-6,12,14,17,20H,7-9H2,1-3H3,(H,18,21);1H. The minimum absolute atomic E-state index is 0. The summed E-state index contributed by atoms with van der Waals surface area (Å²) < 4.78 is 1.74. The highest BCUT2D eigenvalue weighted by molar-refractivity contribution is 5.85. The number of H-pyrrole nitrogens is 1. The number of imidazole rings is 1. The van der Waals surface area contributed by atoms with Crippen molar-refractivity contribution in [2.24, 2.45) is 5.41 Å². The molecule has 3 N–H and O–H groups in total. The molecule has 122 valence electrons. The van der Waals surface area contributed by atoms with Gasteiger partial charge in [0.2, 0.25) is 0 Å². The van der Waals surface area contributed by atoms with Gasteiger partial charge in [-0.25, -0.2) is 4.79 Å². The van der Waals surface area contributed by atoms with Crippen molar-refractivity contribution < 1.29 is 5.11 Å². The molecular formula is C16H24ClN3O2. The third-order valence-electron chi connectivity index (χ3n) is 4.08. The van der Waals surface area contributed by atoms with Gasteiger partial charge in [0.25, 0.3) is 0 Å². The Hall–Kier alpha value is -1.30. The van der Waals surface area contributed by atoms with Gasteiger partial charge in [-0.3, -0.25) is 4.57 Å². The molecule has 0 saturated carbocycles. The van der Waals surface area contributed by atoms with Crippen molar-refractivity contribution in [1.29, 1.82) is 0 Å². The number of nitrogens with one attached hydrogen (secondary N) is 2. The monoisotopic (exact) mass is 325 g/mol. The molecule has 0 bridgehead atoms. The van der Waals surface area contributed by atoms with E-state index in [1.807, 2.05) is 18.2 Å². The van der Waals surface area contributed by atoms with Crippen LogP contribution in [0.3, 0.4) is 0 Å². The van der Waals surface area contributed by atoms with Crippen LogP contribution in [0.5, 0.6) is 0 Å². The number of nitrogens with zero attached hydrogens (tertiary/aromatic N) is 1. The lowest BCUT2D eigenvalue weighted by Crippen LogP contribution is -2.40. The lowest BCUT2D eigenvalue weighted by atomic mass is 9.94. The van der Waals surface area contributed by atoms with Crippen LogP contribution >= 0.6 is 12.4 Å². The van der Waals surface area contributed by atoms with Gasteiger partial charge in [0.1, 0.15) is 0 Å². The predicted molar refractivity (Wildman–Crippen MR) is 90.6 cm³/mol. The molecule has 0 radical (unpaired) electrons. The molecule has 3 rings (SSSR count). The number of halogens is 1. The number of rotatable bonds is 2. The van der Waals surface area contributed by atoms with Gasteiger partial charge in [-0.1, -0.05) is 32.9 Å². The van der Waals surface area contributed by atoms with Crippen LogP contribution in [-0.4, -0.2) is 27.2 Å². The van der Waals surface area contributed by atoms with Crippen LogP contribution in [0.4, 0.5) is 0 Å². The fourth-order valence-corrected chi connectivity index (χ4v) is 2.99. The average Bonchev–Trinajstić information content (AvgIpc) is 2.64. The van der Waals surface area contributed by atoms with Gasteiger partial charge in [-0.2, -0.15) is 0 Å². The van der Waals surface area contributed by atoms with Gasteiger partial charge < -0.3 is 15.4 Å². The highest BCUT2D eigenvalue weighted by Crippen LogP contribution is 2.30. The van der Waals surface area contributed by atoms with Crippen molar-refractivity contribution in [3.63, 3.8) is 0 Å². The molecule has 2 aromatic rings.